The zero-order chi connectivity index (χ0) is 68.2. The van der Waals surface area contributed by atoms with Gasteiger partial charge in [-0.1, -0.05) is 301 Å². The van der Waals surface area contributed by atoms with Gasteiger partial charge in [0, 0.05) is 6.42 Å². The van der Waals surface area contributed by atoms with Crippen LogP contribution in [0, 0.1) is 0 Å². The molecule has 0 aliphatic carbocycles. The van der Waals surface area contributed by atoms with Crippen molar-refractivity contribution in [3.05, 3.63) is 24.3 Å². The van der Waals surface area contributed by atoms with Crippen LogP contribution in [0.1, 0.15) is 316 Å². The molecule has 3 saturated heterocycles. The van der Waals surface area contributed by atoms with Crippen molar-refractivity contribution in [3.63, 3.8) is 0 Å². The Bertz CT molecular complexity index is 1800. The monoisotopic (exact) mass is 1340 g/mol. The summed E-state index contributed by atoms with van der Waals surface area (Å²) in [6, 6.07) is -0.987. The van der Waals surface area contributed by atoms with Crippen molar-refractivity contribution < 1.29 is 89.4 Å². The SMILES string of the molecule is CCCCCCCCCCCCCCCCCCCCCCCCCC/C=C/CC/C=C/C(O)C(COC1OC(CO)C(OC2OC(CO)C(OC3OC(CO)C(O)C(O)C3O)C(O)C2O)C(O)C1O)NC(=O)CCCCCCCCCCCCCCCCCCCCC. The molecule has 3 aliphatic rings. The number of rotatable bonds is 61. The molecule has 17 unspecified atom stereocenters. The van der Waals surface area contributed by atoms with Gasteiger partial charge in [0.05, 0.1) is 38.6 Å². The van der Waals surface area contributed by atoms with Gasteiger partial charge in [-0.2, -0.15) is 0 Å². The van der Waals surface area contributed by atoms with Gasteiger partial charge in [-0.3, -0.25) is 4.79 Å². The van der Waals surface area contributed by atoms with E-state index < -0.39 is 124 Å². The molecule has 3 heterocycles. The molecule has 0 aromatic heterocycles. The van der Waals surface area contributed by atoms with Gasteiger partial charge in [-0.25, -0.2) is 0 Å². The zero-order valence-electron chi connectivity index (χ0n) is 59.0. The second-order valence-corrected chi connectivity index (χ2v) is 27.8. The molecule has 0 spiro atoms. The first kappa shape index (κ1) is 86.5. The second-order valence-electron chi connectivity index (χ2n) is 27.8. The second kappa shape index (κ2) is 57.0. The van der Waals surface area contributed by atoms with E-state index in [9.17, 15) is 61.0 Å². The Kier molecular flexibility index (Phi) is 52.4. The van der Waals surface area contributed by atoms with E-state index in [1.807, 2.05) is 6.08 Å². The molecule has 3 rings (SSSR count). The van der Waals surface area contributed by atoms with Crippen LogP contribution in [-0.2, 0) is 33.2 Å². The number of amides is 1. The standard InChI is InChI=1S/C75H141NO18/c1-3-5-7-9-11-13-15-17-19-21-23-24-25-26-27-28-29-30-31-32-33-35-36-38-40-42-44-46-48-50-52-59(80)58(76-63(81)53-51-49-47-45-43-41-39-37-34-22-20-18-16-14-12-10-8-6-4-2)57-89-73-69(87)66(84)71(61(55-78)91-73)94-75-70(88)67(85)72(62(56-79)92-75)93-74-68(86)65(83)64(82)60(54-77)90-74/h42,44,50,52,58-62,64-75,77-80,82-88H,3-41,43,45-49,51,53-57H2,1-2H3,(H,76,81)/b44-42+,52-50+. The van der Waals surface area contributed by atoms with Crippen LogP contribution >= 0.6 is 0 Å². The van der Waals surface area contributed by atoms with E-state index >= 15 is 0 Å². The van der Waals surface area contributed by atoms with Crippen LogP contribution in [0.25, 0.3) is 0 Å². The molecule has 94 heavy (non-hydrogen) atoms. The Morgan fingerprint density at radius 3 is 1.06 bits per heavy atom. The summed E-state index contributed by atoms with van der Waals surface area (Å²) in [5.74, 6) is -0.279. The summed E-state index contributed by atoms with van der Waals surface area (Å²) >= 11 is 0. The molecule has 3 fully saturated rings. The Hall–Kier alpha value is -1.73. The summed E-state index contributed by atoms with van der Waals surface area (Å²) in [6.07, 6.45) is 40.3. The van der Waals surface area contributed by atoms with Crippen molar-refractivity contribution in [2.24, 2.45) is 0 Å². The minimum atomic E-state index is -1.98. The van der Waals surface area contributed by atoms with E-state index in [2.05, 4.69) is 31.3 Å². The van der Waals surface area contributed by atoms with Crippen LogP contribution in [0.5, 0.6) is 0 Å². The number of ether oxygens (including phenoxy) is 6. The van der Waals surface area contributed by atoms with Crippen molar-refractivity contribution in [1.29, 1.82) is 0 Å². The van der Waals surface area contributed by atoms with Gasteiger partial charge in [0.1, 0.15) is 73.2 Å². The third kappa shape index (κ3) is 37.6. The molecule has 1 amide bonds. The van der Waals surface area contributed by atoms with Gasteiger partial charge in [-0.15, -0.1) is 0 Å². The molecular weight excluding hydrogens is 1200 g/mol. The molecule has 12 N–H and O–H groups in total. The smallest absolute Gasteiger partial charge is 0.220 e. The lowest BCUT2D eigenvalue weighted by Gasteiger charge is -2.48. The summed E-state index contributed by atoms with van der Waals surface area (Å²) < 4.78 is 34.4. The highest BCUT2D eigenvalue weighted by Gasteiger charge is 2.53. The average molecular weight is 1340 g/mol. The average Bonchev–Trinajstić information content (AvgIpc) is 0.787. The number of carbonyl (C=O) groups is 1. The normalized spacial score (nSPS) is 27.4. The number of hydrogen-bond acceptors (Lipinski definition) is 18. The van der Waals surface area contributed by atoms with E-state index in [4.69, 9.17) is 28.4 Å². The largest absolute Gasteiger partial charge is 0.394 e. The van der Waals surface area contributed by atoms with E-state index in [0.717, 1.165) is 38.5 Å². The minimum absolute atomic E-state index is 0.241. The van der Waals surface area contributed by atoms with Gasteiger partial charge in [0.2, 0.25) is 5.91 Å². The number of unbranched alkanes of at least 4 members (excludes halogenated alkanes) is 43. The molecule has 0 saturated carbocycles. The van der Waals surface area contributed by atoms with E-state index in [1.54, 1.807) is 6.08 Å². The lowest BCUT2D eigenvalue weighted by molar-refractivity contribution is -0.379. The molecule has 0 aromatic rings. The molecule has 0 aromatic carbocycles. The fraction of sp³-hybridized carbons (Fsp3) is 0.933. The minimum Gasteiger partial charge on any atom is -0.394 e. The first-order valence-corrected chi connectivity index (χ1v) is 38.6. The van der Waals surface area contributed by atoms with Crippen LogP contribution in [-0.4, -0.2) is 193 Å². The van der Waals surface area contributed by atoms with Gasteiger partial charge >= 0.3 is 0 Å². The molecule has 19 nitrogen and oxygen atoms in total. The van der Waals surface area contributed by atoms with Crippen LogP contribution in [0.15, 0.2) is 24.3 Å². The van der Waals surface area contributed by atoms with Gasteiger partial charge < -0.3 is 89.9 Å². The summed E-state index contributed by atoms with van der Waals surface area (Å²) in [7, 11) is 0. The lowest BCUT2D eigenvalue weighted by atomic mass is 9.96. The van der Waals surface area contributed by atoms with E-state index in [-0.39, 0.29) is 18.9 Å². The highest BCUT2D eigenvalue weighted by atomic mass is 16.8. The molecular formula is C75H141NO18. The molecule has 0 radical (unpaired) electrons. The maximum Gasteiger partial charge on any atom is 0.220 e. The van der Waals surface area contributed by atoms with Crippen LogP contribution in [0.3, 0.4) is 0 Å². The first-order valence-electron chi connectivity index (χ1n) is 38.6. The number of hydrogen-bond donors (Lipinski definition) is 12. The third-order valence-electron chi connectivity index (χ3n) is 19.5. The number of aliphatic hydroxyl groups is 11. The number of allylic oxidation sites excluding steroid dienone is 3. The maximum absolute atomic E-state index is 13.4. The fourth-order valence-corrected chi connectivity index (χ4v) is 13.3. The number of carbonyl (C=O) groups excluding carboxylic acids is 1. The summed E-state index contributed by atoms with van der Waals surface area (Å²) in [5.41, 5.74) is 0. The fourth-order valence-electron chi connectivity index (χ4n) is 13.3. The van der Waals surface area contributed by atoms with Crippen molar-refractivity contribution >= 4 is 5.91 Å². The number of nitrogens with one attached hydrogen (secondary N) is 1. The predicted octanol–water partition coefficient (Wildman–Crippen LogP) is 11.8. The number of aliphatic hydroxyl groups excluding tert-OH is 11. The van der Waals surface area contributed by atoms with Crippen LogP contribution in [0.2, 0.25) is 0 Å². The van der Waals surface area contributed by atoms with Crippen molar-refractivity contribution in [2.45, 2.75) is 420 Å². The molecule has 0 bridgehead atoms. The lowest BCUT2D eigenvalue weighted by Crippen LogP contribution is -2.66. The van der Waals surface area contributed by atoms with E-state index in [0.29, 0.717) is 12.8 Å². The Morgan fingerprint density at radius 1 is 0.372 bits per heavy atom. The Morgan fingerprint density at radius 2 is 0.681 bits per heavy atom. The summed E-state index contributed by atoms with van der Waals surface area (Å²) in [6.45, 7) is 1.77. The highest BCUT2D eigenvalue weighted by molar-refractivity contribution is 5.76. The molecule has 19 heteroatoms. The molecule has 554 valence electrons. The van der Waals surface area contributed by atoms with E-state index in [1.165, 1.54) is 244 Å². The first-order chi connectivity index (χ1) is 45.8. The van der Waals surface area contributed by atoms with Crippen molar-refractivity contribution in [2.75, 3.05) is 26.4 Å². The highest BCUT2D eigenvalue weighted by Crippen LogP contribution is 2.33. The van der Waals surface area contributed by atoms with Gasteiger partial charge in [-0.05, 0) is 32.1 Å². The van der Waals surface area contributed by atoms with Gasteiger partial charge in [0.25, 0.3) is 0 Å². The van der Waals surface area contributed by atoms with Gasteiger partial charge in [0.15, 0.2) is 18.9 Å². The molecule has 17 atom stereocenters. The molecule has 3 aliphatic heterocycles. The zero-order valence-corrected chi connectivity index (χ0v) is 59.0. The van der Waals surface area contributed by atoms with Crippen LogP contribution in [0.4, 0.5) is 0 Å². The van der Waals surface area contributed by atoms with Crippen LogP contribution < -0.4 is 5.32 Å². The summed E-state index contributed by atoms with van der Waals surface area (Å²) in [4.78, 5) is 13.4. The Labute approximate surface area is 568 Å². The van der Waals surface area contributed by atoms with Crippen molar-refractivity contribution in [3.8, 4) is 0 Å². The van der Waals surface area contributed by atoms with Crippen molar-refractivity contribution in [1.82, 2.24) is 5.32 Å². The maximum atomic E-state index is 13.4. The summed E-state index contributed by atoms with van der Waals surface area (Å²) in [5, 5.41) is 121. The predicted molar refractivity (Wildman–Crippen MR) is 370 cm³/mol. The topological polar surface area (TPSA) is 307 Å². The Balaban J connectivity index is 1.40. The quantitative estimate of drug-likeness (QED) is 0.0199. The third-order valence-corrected chi connectivity index (χ3v) is 19.5.